The first kappa shape index (κ1) is 6.33. The average molecular weight is 126 g/mol. The van der Waals surface area contributed by atoms with E-state index in [1.807, 2.05) is 6.08 Å². The number of hydrogen-bond donors (Lipinski definition) is 0. The van der Waals surface area contributed by atoms with Gasteiger partial charge >= 0.3 is 0 Å². The smallest absolute Gasteiger partial charge is 0.293 e. The van der Waals surface area contributed by atoms with Crippen LogP contribution in [0.5, 0.6) is 0 Å². The minimum absolute atomic E-state index is 0.0521. The van der Waals surface area contributed by atoms with Gasteiger partial charge < -0.3 is 4.74 Å². The van der Waals surface area contributed by atoms with Crippen LogP contribution in [0.25, 0.3) is 0 Å². The third kappa shape index (κ3) is 1.88. The number of ether oxygens (including phenoxy) is 1. The summed E-state index contributed by atoms with van der Waals surface area (Å²) in [4.78, 5) is 9.82. The summed E-state index contributed by atoms with van der Waals surface area (Å²) in [6, 6.07) is 0. The fourth-order valence-electron chi connectivity index (χ4n) is 0.966. The van der Waals surface area contributed by atoms with Gasteiger partial charge in [0.25, 0.3) is 6.47 Å². The van der Waals surface area contributed by atoms with E-state index in [0.29, 0.717) is 6.47 Å². The SMILES string of the molecule is O=COC1C=CCCC1. The maximum Gasteiger partial charge on any atom is 0.293 e. The van der Waals surface area contributed by atoms with Gasteiger partial charge in [0.1, 0.15) is 6.10 Å². The van der Waals surface area contributed by atoms with Crippen LogP contribution in [-0.4, -0.2) is 12.6 Å². The standard InChI is InChI=1S/C7H10O2/c8-6-9-7-4-2-1-3-5-7/h2,4,6-7H,1,3,5H2. The monoisotopic (exact) mass is 126 g/mol. The maximum atomic E-state index is 9.82. The van der Waals surface area contributed by atoms with Crippen LogP contribution in [0.4, 0.5) is 0 Å². The highest BCUT2D eigenvalue weighted by molar-refractivity contribution is 5.38. The third-order valence-corrected chi connectivity index (χ3v) is 1.44. The van der Waals surface area contributed by atoms with Crippen molar-refractivity contribution >= 4 is 6.47 Å². The lowest BCUT2D eigenvalue weighted by Gasteiger charge is -2.12. The topological polar surface area (TPSA) is 26.3 Å². The Morgan fingerprint density at radius 3 is 3.11 bits per heavy atom. The number of carbonyl (C=O) groups excluding carboxylic acids is 1. The first-order chi connectivity index (χ1) is 4.43. The fourth-order valence-corrected chi connectivity index (χ4v) is 0.966. The van der Waals surface area contributed by atoms with E-state index in [9.17, 15) is 4.79 Å². The Labute approximate surface area is 54.5 Å². The van der Waals surface area contributed by atoms with Crippen LogP contribution < -0.4 is 0 Å². The summed E-state index contributed by atoms with van der Waals surface area (Å²) in [5.74, 6) is 0. The second-order valence-electron chi connectivity index (χ2n) is 2.13. The zero-order valence-corrected chi connectivity index (χ0v) is 5.25. The third-order valence-electron chi connectivity index (χ3n) is 1.44. The van der Waals surface area contributed by atoms with Crippen LogP contribution in [-0.2, 0) is 9.53 Å². The normalized spacial score (nSPS) is 25.6. The molecule has 0 heterocycles. The van der Waals surface area contributed by atoms with E-state index in [4.69, 9.17) is 4.74 Å². The van der Waals surface area contributed by atoms with E-state index in [1.165, 1.54) is 0 Å². The van der Waals surface area contributed by atoms with Gasteiger partial charge in [-0.05, 0) is 25.3 Å². The Morgan fingerprint density at radius 2 is 2.56 bits per heavy atom. The Hall–Kier alpha value is -0.790. The van der Waals surface area contributed by atoms with E-state index in [0.717, 1.165) is 19.3 Å². The summed E-state index contributed by atoms with van der Waals surface area (Å²) in [6.07, 6.45) is 7.29. The molecule has 2 nitrogen and oxygen atoms in total. The Kier molecular flexibility index (Phi) is 2.31. The maximum absolute atomic E-state index is 9.82. The highest BCUT2D eigenvalue weighted by Gasteiger charge is 2.06. The minimum atomic E-state index is 0.0521. The van der Waals surface area contributed by atoms with Gasteiger partial charge in [-0.2, -0.15) is 0 Å². The molecule has 0 aromatic heterocycles. The molecule has 1 unspecified atom stereocenters. The molecule has 1 aliphatic rings. The fraction of sp³-hybridized carbons (Fsp3) is 0.571. The van der Waals surface area contributed by atoms with E-state index >= 15 is 0 Å². The number of hydrogen-bond acceptors (Lipinski definition) is 2. The zero-order valence-electron chi connectivity index (χ0n) is 5.25. The lowest BCUT2D eigenvalue weighted by Crippen LogP contribution is -2.10. The number of allylic oxidation sites excluding steroid dienone is 1. The van der Waals surface area contributed by atoms with Crippen molar-refractivity contribution in [1.29, 1.82) is 0 Å². The average Bonchev–Trinajstić information content (AvgIpc) is 1.91. The minimum Gasteiger partial charge on any atom is -0.460 e. The van der Waals surface area contributed by atoms with Crippen LogP contribution >= 0.6 is 0 Å². The van der Waals surface area contributed by atoms with Gasteiger partial charge in [-0.3, -0.25) is 4.79 Å². The predicted octanol–water partition coefficient (Wildman–Crippen LogP) is 1.27. The van der Waals surface area contributed by atoms with Gasteiger partial charge in [0.2, 0.25) is 0 Å². The van der Waals surface area contributed by atoms with Crippen LogP contribution in [0.3, 0.4) is 0 Å². The largest absolute Gasteiger partial charge is 0.460 e. The molecule has 1 atom stereocenters. The number of rotatable bonds is 2. The quantitative estimate of drug-likeness (QED) is 0.411. The Balaban J connectivity index is 2.31. The molecule has 0 fully saturated rings. The molecular formula is C7H10O2. The van der Waals surface area contributed by atoms with Crippen molar-refractivity contribution in [2.45, 2.75) is 25.4 Å². The summed E-state index contributed by atoms with van der Waals surface area (Å²) in [6.45, 7) is 0.514. The van der Waals surface area contributed by atoms with Gasteiger partial charge in [-0.1, -0.05) is 6.08 Å². The molecule has 50 valence electrons. The molecule has 0 aliphatic heterocycles. The van der Waals surface area contributed by atoms with Crippen molar-refractivity contribution in [1.82, 2.24) is 0 Å². The van der Waals surface area contributed by atoms with E-state index in [-0.39, 0.29) is 6.10 Å². The molecule has 1 rings (SSSR count). The molecule has 0 amide bonds. The summed E-state index contributed by atoms with van der Waals surface area (Å²) < 4.78 is 4.72. The van der Waals surface area contributed by atoms with Crippen LogP contribution in [0.1, 0.15) is 19.3 Å². The molecule has 0 spiro atoms. The van der Waals surface area contributed by atoms with E-state index < -0.39 is 0 Å². The summed E-state index contributed by atoms with van der Waals surface area (Å²) in [7, 11) is 0. The zero-order chi connectivity index (χ0) is 6.53. The summed E-state index contributed by atoms with van der Waals surface area (Å²) in [5.41, 5.74) is 0. The molecule has 0 aromatic carbocycles. The van der Waals surface area contributed by atoms with Gasteiger partial charge in [-0.25, -0.2) is 0 Å². The lowest BCUT2D eigenvalue weighted by atomic mass is 10.1. The molecule has 2 heteroatoms. The second-order valence-corrected chi connectivity index (χ2v) is 2.13. The molecule has 0 saturated heterocycles. The second kappa shape index (κ2) is 3.28. The van der Waals surface area contributed by atoms with Crippen molar-refractivity contribution in [3.8, 4) is 0 Å². The van der Waals surface area contributed by atoms with Crippen LogP contribution in [0, 0.1) is 0 Å². The lowest BCUT2D eigenvalue weighted by molar-refractivity contribution is -0.131. The Bertz CT molecular complexity index is 118. The molecular weight excluding hydrogens is 116 g/mol. The first-order valence-corrected chi connectivity index (χ1v) is 3.19. The molecule has 1 aliphatic carbocycles. The van der Waals surface area contributed by atoms with Gasteiger partial charge in [0.15, 0.2) is 0 Å². The van der Waals surface area contributed by atoms with Crippen LogP contribution in [0.15, 0.2) is 12.2 Å². The Morgan fingerprint density at radius 1 is 1.67 bits per heavy atom. The highest BCUT2D eigenvalue weighted by atomic mass is 16.5. The first-order valence-electron chi connectivity index (χ1n) is 3.19. The number of carbonyl (C=O) groups is 1. The molecule has 0 saturated carbocycles. The molecule has 0 N–H and O–H groups in total. The molecule has 9 heavy (non-hydrogen) atoms. The summed E-state index contributed by atoms with van der Waals surface area (Å²) in [5, 5.41) is 0. The molecule has 0 aromatic rings. The van der Waals surface area contributed by atoms with Gasteiger partial charge in [-0.15, -0.1) is 0 Å². The molecule has 0 radical (unpaired) electrons. The van der Waals surface area contributed by atoms with Crippen molar-refractivity contribution in [3.63, 3.8) is 0 Å². The van der Waals surface area contributed by atoms with Gasteiger partial charge in [0, 0.05) is 0 Å². The van der Waals surface area contributed by atoms with Crippen molar-refractivity contribution in [3.05, 3.63) is 12.2 Å². The highest BCUT2D eigenvalue weighted by Crippen LogP contribution is 2.11. The van der Waals surface area contributed by atoms with Crippen molar-refractivity contribution in [2.24, 2.45) is 0 Å². The predicted molar refractivity (Wildman–Crippen MR) is 33.9 cm³/mol. The molecule has 0 bridgehead atoms. The van der Waals surface area contributed by atoms with E-state index in [1.54, 1.807) is 0 Å². The van der Waals surface area contributed by atoms with Crippen molar-refractivity contribution < 1.29 is 9.53 Å². The van der Waals surface area contributed by atoms with E-state index in [2.05, 4.69) is 6.08 Å². The van der Waals surface area contributed by atoms with Crippen LogP contribution in [0.2, 0.25) is 0 Å². The van der Waals surface area contributed by atoms with Crippen molar-refractivity contribution in [2.75, 3.05) is 0 Å². The van der Waals surface area contributed by atoms with Gasteiger partial charge in [0.05, 0.1) is 0 Å². The summed E-state index contributed by atoms with van der Waals surface area (Å²) >= 11 is 0.